The maximum Gasteiger partial charge on any atom is 0.331 e. The fourth-order valence-electron chi connectivity index (χ4n) is 2.22. The number of rotatable bonds is 5. The number of aromatic nitrogens is 1. The summed E-state index contributed by atoms with van der Waals surface area (Å²) < 4.78 is 11.5. The molecule has 1 aromatic heterocycles. The van der Waals surface area contributed by atoms with Gasteiger partial charge in [0.1, 0.15) is 5.52 Å². The molecule has 0 aliphatic heterocycles. The molecular weight excluding hydrogens is 386 g/mol. The maximum absolute atomic E-state index is 12.2. The van der Waals surface area contributed by atoms with Crippen LogP contribution in [0.1, 0.15) is 23.2 Å². The van der Waals surface area contributed by atoms with Gasteiger partial charge < -0.3 is 9.15 Å². The largest absolute Gasteiger partial charge is 0.451 e. The van der Waals surface area contributed by atoms with Crippen molar-refractivity contribution in [2.24, 2.45) is 0 Å². The van der Waals surface area contributed by atoms with E-state index in [0.717, 1.165) is 4.47 Å². The number of hydrogen-bond acceptors (Lipinski definition) is 5. The van der Waals surface area contributed by atoms with Crippen LogP contribution in [0.4, 0.5) is 0 Å². The minimum absolute atomic E-state index is 0.267. The first kappa shape index (κ1) is 17.1. The maximum atomic E-state index is 12.2. The predicted octanol–water partition coefficient (Wildman–Crippen LogP) is 4.42. The lowest BCUT2D eigenvalue weighted by Gasteiger charge is -2.10. The molecule has 0 saturated carbocycles. The summed E-state index contributed by atoms with van der Waals surface area (Å²) in [7, 11) is 0. The lowest BCUT2D eigenvalue weighted by Crippen LogP contribution is -2.23. The third kappa shape index (κ3) is 4.22. The molecule has 6 heteroatoms. The van der Waals surface area contributed by atoms with Gasteiger partial charge in [-0.3, -0.25) is 4.79 Å². The van der Waals surface area contributed by atoms with Crippen LogP contribution in [0.2, 0.25) is 0 Å². The highest BCUT2D eigenvalue weighted by molar-refractivity contribution is 9.10. The Kier molecular flexibility index (Phi) is 5.09. The summed E-state index contributed by atoms with van der Waals surface area (Å²) in [5, 5.41) is 0. The first-order valence-electron chi connectivity index (χ1n) is 7.57. The number of oxazole rings is 1. The van der Waals surface area contributed by atoms with Crippen molar-refractivity contribution in [2.45, 2.75) is 13.0 Å². The molecule has 5 nitrogen and oxygen atoms in total. The Morgan fingerprint density at radius 1 is 1.16 bits per heavy atom. The van der Waals surface area contributed by atoms with Gasteiger partial charge in [0.25, 0.3) is 0 Å². The summed E-state index contributed by atoms with van der Waals surface area (Å²) in [5.41, 5.74) is 1.81. The van der Waals surface area contributed by atoms with Gasteiger partial charge in [-0.1, -0.05) is 40.2 Å². The van der Waals surface area contributed by atoms with Gasteiger partial charge in [-0.05, 0) is 31.2 Å². The Labute approximate surface area is 152 Å². The molecule has 126 valence electrons. The molecule has 0 radical (unpaired) electrons. The number of carbonyl (C=O) groups is 2. The number of nitrogens with zero attached hydrogens (tertiary/aromatic N) is 1. The topological polar surface area (TPSA) is 69.4 Å². The molecule has 0 amide bonds. The monoisotopic (exact) mass is 399 g/mol. The van der Waals surface area contributed by atoms with Crippen LogP contribution >= 0.6 is 15.9 Å². The Morgan fingerprint density at radius 2 is 1.88 bits per heavy atom. The molecular formula is C19H14BrNO4. The Bertz CT molecular complexity index is 910. The smallest absolute Gasteiger partial charge is 0.331 e. The van der Waals surface area contributed by atoms with Crippen LogP contribution in [0.3, 0.4) is 0 Å². The zero-order valence-electron chi connectivity index (χ0n) is 13.3. The average Bonchev–Trinajstić information content (AvgIpc) is 3.03. The fraction of sp³-hybridized carbons (Fsp3) is 0.105. The van der Waals surface area contributed by atoms with Crippen LogP contribution in [-0.4, -0.2) is 22.8 Å². The second-order valence-corrected chi connectivity index (χ2v) is 6.22. The molecule has 1 atom stereocenters. The minimum Gasteiger partial charge on any atom is -0.451 e. The highest BCUT2D eigenvalue weighted by Crippen LogP contribution is 2.16. The van der Waals surface area contributed by atoms with E-state index in [2.05, 4.69) is 20.9 Å². The summed E-state index contributed by atoms with van der Waals surface area (Å²) in [5.74, 6) is -0.610. The number of fused-ring (bicyclic) bond motifs is 1. The van der Waals surface area contributed by atoms with Gasteiger partial charge >= 0.3 is 5.97 Å². The zero-order valence-corrected chi connectivity index (χ0v) is 14.9. The quantitative estimate of drug-likeness (QED) is 0.360. The van der Waals surface area contributed by atoms with Crippen molar-refractivity contribution in [3.8, 4) is 0 Å². The van der Waals surface area contributed by atoms with E-state index < -0.39 is 12.1 Å². The second kappa shape index (κ2) is 7.44. The van der Waals surface area contributed by atoms with E-state index in [1.807, 2.05) is 18.2 Å². The van der Waals surface area contributed by atoms with E-state index in [4.69, 9.17) is 9.15 Å². The fourth-order valence-corrected chi connectivity index (χ4v) is 2.48. The number of halogens is 1. The van der Waals surface area contributed by atoms with Crippen LogP contribution in [0.5, 0.6) is 0 Å². The van der Waals surface area contributed by atoms with Crippen LogP contribution in [0.15, 0.2) is 63.5 Å². The van der Waals surface area contributed by atoms with Crippen LogP contribution < -0.4 is 0 Å². The number of ether oxygens (including phenoxy) is 1. The molecule has 3 rings (SSSR count). The first-order chi connectivity index (χ1) is 12.0. The number of hydrogen-bond donors (Lipinski definition) is 0. The molecule has 3 aromatic rings. The van der Waals surface area contributed by atoms with E-state index >= 15 is 0 Å². The second-order valence-electron chi connectivity index (χ2n) is 5.30. The van der Waals surface area contributed by atoms with Gasteiger partial charge in [0.05, 0.1) is 0 Å². The van der Waals surface area contributed by atoms with Crippen LogP contribution in [0.25, 0.3) is 17.2 Å². The van der Waals surface area contributed by atoms with Gasteiger partial charge in [-0.15, -0.1) is 0 Å². The van der Waals surface area contributed by atoms with Gasteiger partial charge in [-0.2, -0.15) is 0 Å². The Morgan fingerprint density at radius 3 is 2.60 bits per heavy atom. The summed E-state index contributed by atoms with van der Waals surface area (Å²) in [6, 6.07) is 14.1. The zero-order chi connectivity index (χ0) is 17.8. The Balaban J connectivity index is 1.63. The Hall–Kier alpha value is -2.73. The van der Waals surface area contributed by atoms with E-state index in [0.29, 0.717) is 22.6 Å². The van der Waals surface area contributed by atoms with Crippen molar-refractivity contribution in [3.05, 3.63) is 70.5 Å². The summed E-state index contributed by atoms with van der Waals surface area (Å²) in [4.78, 5) is 28.4. The number of ketones is 1. The summed E-state index contributed by atoms with van der Waals surface area (Å²) in [6.07, 6.45) is 1.72. The minimum atomic E-state index is -0.887. The van der Waals surface area contributed by atoms with Crippen molar-refractivity contribution in [2.75, 3.05) is 0 Å². The molecule has 0 unspecified atom stereocenters. The summed E-state index contributed by atoms with van der Waals surface area (Å²) >= 11 is 3.31. The highest BCUT2D eigenvalue weighted by atomic mass is 79.9. The van der Waals surface area contributed by atoms with Gasteiger partial charge in [0.15, 0.2) is 11.7 Å². The average molecular weight is 400 g/mol. The third-order valence-electron chi connectivity index (χ3n) is 3.46. The lowest BCUT2D eigenvalue weighted by atomic mass is 10.1. The molecule has 0 aliphatic rings. The molecule has 0 aliphatic carbocycles. The van der Waals surface area contributed by atoms with Crippen LogP contribution in [0, 0.1) is 0 Å². The third-order valence-corrected chi connectivity index (χ3v) is 3.99. The number of esters is 1. The number of Topliss-reactive ketones (excluding diaryl/α,β-unsaturated/α-hetero) is 1. The molecule has 0 saturated heterocycles. The predicted molar refractivity (Wildman–Crippen MR) is 97.1 cm³/mol. The summed E-state index contributed by atoms with van der Waals surface area (Å²) in [6.45, 7) is 1.54. The highest BCUT2D eigenvalue weighted by Gasteiger charge is 2.18. The van der Waals surface area contributed by atoms with Crippen molar-refractivity contribution in [1.29, 1.82) is 0 Å². The van der Waals surface area contributed by atoms with E-state index in [1.165, 1.54) is 19.1 Å². The molecule has 0 bridgehead atoms. The van der Waals surface area contributed by atoms with Crippen molar-refractivity contribution in [1.82, 2.24) is 4.98 Å². The molecule has 25 heavy (non-hydrogen) atoms. The normalized spacial score (nSPS) is 12.4. The first-order valence-corrected chi connectivity index (χ1v) is 8.36. The van der Waals surface area contributed by atoms with Crippen molar-refractivity contribution < 1.29 is 18.7 Å². The van der Waals surface area contributed by atoms with E-state index in [9.17, 15) is 9.59 Å². The number of carbonyl (C=O) groups excluding carboxylic acids is 2. The van der Waals surface area contributed by atoms with Crippen molar-refractivity contribution in [3.63, 3.8) is 0 Å². The van der Waals surface area contributed by atoms with E-state index in [-0.39, 0.29) is 5.78 Å². The van der Waals surface area contributed by atoms with E-state index in [1.54, 1.807) is 30.3 Å². The molecule has 0 fully saturated rings. The molecule has 0 N–H and O–H groups in total. The standard InChI is InChI=1S/C19H14BrNO4/c1-12(19(23)13-6-8-14(20)9-7-13)24-18(22)11-10-17-21-15-4-2-3-5-16(15)25-17/h2-12H,1H3/b11-10+/t12-/m0/s1. The number of para-hydroxylation sites is 2. The van der Waals surface area contributed by atoms with Crippen molar-refractivity contribution >= 4 is 44.9 Å². The molecule has 1 heterocycles. The van der Waals surface area contributed by atoms with Gasteiger partial charge in [-0.25, -0.2) is 9.78 Å². The van der Waals surface area contributed by atoms with Crippen LogP contribution in [-0.2, 0) is 9.53 Å². The SMILES string of the molecule is C[C@H](OC(=O)/C=C/c1nc2ccccc2o1)C(=O)c1ccc(Br)cc1. The lowest BCUT2D eigenvalue weighted by molar-refractivity contribution is -0.140. The number of benzene rings is 2. The van der Waals surface area contributed by atoms with Gasteiger partial charge in [0.2, 0.25) is 11.7 Å². The molecule has 0 spiro atoms. The molecule has 2 aromatic carbocycles. The van der Waals surface area contributed by atoms with Gasteiger partial charge in [0, 0.05) is 22.2 Å².